The van der Waals surface area contributed by atoms with Gasteiger partial charge in [-0.05, 0) is 131 Å². The number of nitrogens with one attached hydrogen (secondary N) is 6. The molecule has 4 aliphatic rings. The predicted octanol–water partition coefficient (Wildman–Crippen LogP) is 4.84. The number of hydrogen-bond acceptors (Lipinski definition) is 10. The quantitative estimate of drug-likeness (QED) is 0.109. The van der Waals surface area contributed by atoms with Crippen LogP contribution >= 0.6 is 11.8 Å². The third kappa shape index (κ3) is 13.1. The minimum atomic E-state index is -1.15. The third-order valence-electron chi connectivity index (χ3n) is 16.0. The highest BCUT2D eigenvalue weighted by Gasteiger charge is 2.48. The van der Waals surface area contributed by atoms with Crippen molar-refractivity contribution in [2.24, 2.45) is 5.41 Å². The lowest BCUT2D eigenvalue weighted by Gasteiger charge is -2.42. The molecule has 0 bridgehead atoms. The minimum Gasteiger partial charge on any atom is -0.348 e. The Bertz CT molecular complexity index is 2620. The van der Waals surface area contributed by atoms with Crippen LogP contribution in [0.5, 0.6) is 0 Å². The molecule has 0 unspecified atom stereocenters. The van der Waals surface area contributed by atoms with Crippen molar-refractivity contribution in [3.63, 3.8) is 0 Å². The number of likely N-dealkylation sites (tertiary alicyclic amines) is 1. The van der Waals surface area contributed by atoms with E-state index >= 15 is 9.59 Å². The van der Waals surface area contributed by atoms with Crippen LogP contribution in [-0.4, -0.2) is 138 Å². The average molecular weight is 1050 g/mol. The van der Waals surface area contributed by atoms with Gasteiger partial charge in [0, 0.05) is 44.3 Å². The van der Waals surface area contributed by atoms with Crippen LogP contribution in [0.1, 0.15) is 138 Å². The number of rotatable bonds is 17. The molecule has 7 rings (SSSR count). The van der Waals surface area contributed by atoms with Gasteiger partial charge in [-0.1, -0.05) is 87.5 Å². The summed E-state index contributed by atoms with van der Waals surface area (Å²) < 4.78 is -1.01. The lowest BCUT2D eigenvalue weighted by atomic mass is 9.85. The van der Waals surface area contributed by atoms with E-state index in [1.165, 1.54) is 27.8 Å². The number of hydrogen-bond donors (Lipinski definition) is 6. The molecule has 75 heavy (non-hydrogen) atoms. The van der Waals surface area contributed by atoms with Gasteiger partial charge in [0.15, 0.2) is 0 Å². The van der Waals surface area contributed by atoms with E-state index in [1.54, 1.807) is 51.8 Å². The molecular weight excluding hydrogens is 967 g/mol. The van der Waals surface area contributed by atoms with Crippen molar-refractivity contribution in [3.8, 4) is 0 Å². The first kappa shape index (κ1) is 56.9. The summed E-state index contributed by atoms with van der Waals surface area (Å²) >= 11 is 1.27. The number of benzene rings is 3. The van der Waals surface area contributed by atoms with Crippen molar-refractivity contribution >= 4 is 53.1 Å². The van der Waals surface area contributed by atoms with Gasteiger partial charge in [0.2, 0.25) is 41.4 Å². The lowest BCUT2D eigenvalue weighted by Crippen LogP contribution is -2.63. The van der Waals surface area contributed by atoms with Crippen LogP contribution in [0.2, 0.25) is 0 Å². The maximum absolute atomic E-state index is 15.6. The zero-order chi connectivity index (χ0) is 54.5. The number of likely N-dealkylation sites (N-methyl/N-ethyl adjacent to an activating group) is 2. The van der Waals surface area contributed by atoms with Gasteiger partial charge in [-0.2, -0.15) is 0 Å². The van der Waals surface area contributed by atoms with Crippen molar-refractivity contribution in [1.29, 1.82) is 0 Å². The van der Waals surface area contributed by atoms with Gasteiger partial charge in [-0.15, -0.1) is 11.8 Å². The molecule has 0 aromatic heterocycles. The van der Waals surface area contributed by atoms with E-state index < -0.39 is 58.2 Å². The van der Waals surface area contributed by atoms with Crippen molar-refractivity contribution in [3.05, 3.63) is 106 Å². The van der Waals surface area contributed by atoms with Gasteiger partial charge in [0.05, 0.1) is 29.9 Å². The number of amides is 7. The van der Waals surface area contributed by atoms with Crippen molar-refractivity contribution < 1.29 is 33.6 Å². The Balaban J connectivity index is 1.25. The smallest absolute Gasteiger partial charge is 0.247 e. The highest BCUT2D eigenvalue weighted by atomic mass is 32.2. The molecule has 6 N–H and O–H groups in total. The number of nitrogens with zero attached hydrogens (tertiary/aromatic N) is 3. The largest absolute Gasteiger partial charge is 0.348 e. The highest BCUT2D eigenvalue weighted by molar-refractivity contribution is 8.01. The molecule has 3 aromatic carbocycles. The second-order valence-electron chi connectivity index (χ2n) is 22.9. The Labute approximate surface area is 448 Å². The maximum atomic E-state index is 15.6. The summed E-state index contributed by atoms with van der Waals surface area (Å²) in [6, 6.07) is 16.8. The van der Waals surface area contributed by atoms with E-state index in [-0.39, 0.29) is 72.8 Å². The second-order valence-corrected chi connectivity index (χ2v) is 24.5. The summed E-state index contributed by atoms with van der Waals surface area (Å²) in [5, 5.41) is 18.6. The van der Waals surface area contributed by atoms with E-state index in [9.17, 15) is 24.0 Å². The molecule has 16 nitrogen and oxygen atoms in total. The molecular formula is C58H81N9O7S. The van der Waals surface area contributed by atoms with Crippen LogP contribution < -0.4 is 31.9 Å². The molecule has 2 aliphatic carbocycles. The fourth-order valence-corrected chi connectivity index (χ4v) is 12.1. The van der Waals surface area contributed by atoms with E-state index in [2.05, 4.69) is 50.1 Å². The number of thioether (sulfide) groups is 1. The van der Waals surface area contributed by atoms with Crippen LogP contribution in [0, 0.1) is 5.41 Å². The highest BCUT2D eigenvalue weighted by Crippen LogP contribution is 2.39. The van der Waals surface area contributed by atoms with Crippen molar-refractivity contribution in [2.75, 3.05) is 40.5 Å². The van der Waals surface area contributed by atoms with Gasteiger partial charge in [-0.25, -0.2) is 0 Å². The van der Waals surface area contributed by atoms with Gasteiger partial charge in [0.25, 0.3) is 0 Å². The molecule has 2 heterocycles. The van der Waals surface area contributed by atoms with E-state index in [0.717, 1.165) is 66.3 Å². The molecule has 9 atom stereocenters. The Kier molecular flexibility index (Phi) is 18.3. The molecule has 1 fully saturated rings. The summed E-state index contributed by atoms with van der Waals surface area (Å²) in [7, 11) is 6.69. The first-order chi connectivity index (χ1) is 35.5. The third-order valence-corrected chi connectivity index (χ3v) is 17.4. The number of fused-ring (bicyclic) bond motifs is 3. The first-order valence-electron chi connectivity index (χ1n) is 26.8. The monoisotopic (exact) mass is 1050 g/mol. The van der Waals surface area contributed by atoms with Crippen LogP contribution in [0.15, 0.2) is 66.7 Å². The van der Waals surface area contributed by atoms with Crippen LogP contribution in [0.25, 0.3) is 0 Å². The van der Waals surface area contributed by atoms with Gasteiger partial charge in [-0.3, -0.25) is 33.6 Å². The molecule has 0 spiro atoms. The Morgan fingerprint density at radius 2 is 1.19 bits per heavy atom. The number of aryl methyl sites for hydroxylation is 2. The summed E-state index contributed by atoms with van der Waals surface area (Å²) in [6.07, 6.45) is 5.69. The molecule has 406 valence electrons. The summed E-state index contributed by atoms with van der Waals surface area (Å²) in [6.45, 7) is 13.0. The zero-order valence-corrected chi connectivity index (χ0v) is 46.7. The van der Waals surface area contributed by atoms with Crippen molar-refractivity contribution in [2.45, 2.75) is 165 Å². The SMILES string of the molecule is CN[C@@H](C)C(=O)N[C@H](C(=O)N1C[C@@H](c2ccc3c(c2)CN(C(=O)[C@@H](NC(=O)[C@H](C)NC)C(C)(C)SCC(=O)N(C)C)[C@H](C(=O)N[C@@H]2CCCc4ccccc42)C3)C[C@H]1C(=O)N[C@@H]1CCCc2ccccc21)C(C)(C)C. The fraction of sp³-hybridized carbons (Fsp3) is 0.569. The van der Waals surface area contributed by atoms with Crippen molar-refractivity contribution in [1.82, 2.24) is 46.6 Å². The normalized spacial score (nSPS) is 22.0. The minimum absolute atomic E-state index is 0.0365. The summed E-state index contributed by atoms with van der Waals surface area (Å²) in [5.74, 6) is -2.48. The Hall–Kier alpha value is -5.78. The lowest BCUT2D eigenvalue weighted by molar-refractivity contribution is -0.145. The second kappa shape index (κ2) is 24.0. The van der Waals surface area contributed by atoms with Crippen LogP contribution in [-0.2, 0) is 59.4 Å². The van der Waals surface area contributed by atoms with Crippen LogP contribution in [0.3, 0.4) is 0 Å². The Morgan fingerprint density at radius 1 is 0.667 bits per heavy atom. The van der Waals surface area contributed by atoms with Gasteiger partial charge < -0.3 is 46.6 Å². The average Bonchev–Trinajstić information content (AvgIpc) is 3.85. The molecule has 0 saturated carbocycles. The van der Waals surface area contributed by atoms with E-state index in [0.29, 0.717) is 6.42 Å². The van der Waals surface area contributed by atoms with Gasteiger partial charge >= 0.3 is 0 Å². The fourth-order valence-electron chi connectivity index (χ4n) is 11.0. The standard InChI is InChI=1S/C58H81N9O7S/c1-34(59-8)51(69)63-49(57(3,4)5)55(73)66-32-41(30-47(66)54(72)62-45-25-17-21-37-19-13-15-23-43(37)45)38-26-27-39-29-46(53(71)61-44-24-16-20-36-18-12-14-22-42(36)44)67(31-40(39)28-38)56(74)50(64-52(70)35(2)60-9)58(6,7)75-33-48(68)65(10)11/h12-15,18-19,22-23,26-28,34-35,41,44-47,49-50,59-60H,16-17,20-21,24-25,29-33H2,1-11H3,(H,61,71)(H,62,72)(H,63,69)(H,64,70)/t34-,35-,41-,44+,45+,46-,47-,49+,50+/m0/s1. The topological polar surface area (TPSA) is 201 Å². The van der Waals surface area contributed by atoms with E-state index in [1.807, 2.05) is 83.1 Å². The molecule has 17 heteroatoms. The predicted molar refractivity (Wildman–Crippen MR) is 293 cm³/mol. The number of carbonyl (C=O) groups excluding carboxylic acids is 7. The summed E-state index contributed by atoms with van der Waals surface area (Å²) in [5.41, 5.74) is 6.38. The first-order valence-corrected chi connectivity index (χ1v) is 27.8. The molecule has 1 saturated heterocycles. The van der Waals surface area contributed by atoms with Gasteiger partial charge in [0.1, 0.15) is 24.2 Å². The molecule has 0 radical (unpaired) electrons. The Morgan fingerprint density at radius 3 is 1.72 bits per heavy atom. The van der Waals surface area contributed by atoms with Crippen LogP contribution in [0.4, 0.5) is 0 Å². The summed E-state index contributed by atoms with van der Waals surface area (Å²) in [4.78, 5) is 105. The van der Waals surface area contributed by atoms with E-state index in [4.69, 9.17) is 0 Å². The maximum Gasteiger partial charge on any atom is 0.247 e. The molecule has 7 amide bonds. The zero-order valence-electron chi connectivity index (χ0n) is 45.9. The molecule has 3 aromatic rings. The molecule has 2 aliphatic heterocycles. The number of carbonyl (C=O) groups is 7.